The third kappa shape index (κ3) is 3.31. The molecule has 1 saturated heterocycles. The average molecular weight is 348 g/mol. The van der Waals surface area contributed by atoms with Gasteiger partial charge in [-0.1, -0.05) is 13.0 Å². The maximum atomic E-state index is 4.81. The molecule has 26 heavy (non-hydrogen) atoms. The Balaban J connectivity index is 1.75. The van der Waals surface area contributed by atoms with E-state index < -0.39 is 0 Å². The van der Waals surface area contributed by atoms with Crippen LogP contribution < -0.4 is 10.2 Å². The second kappa shape index (κ2) is 6.86. The minimum absolute atomic E-state index is 0.627. The van der Waals surface area contributed by atoms with Gasteiger partial charge in [0.05, 0.1) is 0 Å². The van der Waals surface area contributed by atoms with Gasteiger partial charge in [-0.3, -0.25) is 0 Å². The van der Waals surface area contributed by atoms with Crippen molar-refractivity contribution in [2.75, 3.05) is 23.3 Å². The molecule has 0 saturated carbocycles. The smallest absolute Gasteiger partial charge is 0.229 e. The molecule has 1 aliphatic rings. The number of aryl methyl sites for hydroxylation is 2. The lowest BCUT2D eigenvalue weighted by Gasteiger charge is -2.31. The van der Waals surface area contributed by atoms with Crippen LogP contribution in [0.4, 0.5) is 17.5 Å². The van der Waals surface area contributed by atoms with E-state index in [0.29, 0.717) is 22.9 Å². The number of benzene rings is 1. The van der Waals surface area contributed by atoms with Gasteiger partial charge in [-0.05, 0) is 55.9 Å². The van der Waals surface area contributed by atoms with E-state index in [4.69, 9.17) is 4.98 Å². The summed E-state index contributed by atoms with van der Waals surface area (Å²) in [6, 6.07) is 6.30. The molecule has 1 aromatic carbocycles. The molecule has 0 aliphatic carbocycles. The lowest BCUT2D eigenvalue weighted by Crippen LogP contribution is -2.35. The van der Waals surface area contributed by atoms with Gasteiger partial charge in [0.15, 0.2) is 17.0 Å². The number of aromatic nitrogens is 4. The second-order valence-corrected chi connectivity index (χ2v) is 7.22. The Hall–Kier alpha value is -2.76. The summed E-state index contributed by atoms with van der Waals surface area (Å²) >= 11 is 0. The number of hydrogen-bond acceptors (Lipinski definition) is 6. The summed E-state index contributed by atoms with van der Waals surface area (Å²) in [5.74, 6) is 2.09. The highest BCUT2D eigenvalue weighted by molar-refractivity contribution is 5.85. The molecule has 3 heterocycles. The number of piperidine rings is 1. The monoisotopic (exact) mass is 348 g/mol. The Kier molecular flexibility index (Phi) is 4.41. The van der Waals surface area contributed by atoms with Crippen LogP contribution in [0.25, 0.3) is 11.2 Å². The van der Waals surface area contributed by atoms with Crippen LogP contribution in [-0.4, -0.2) is 33.0 Å². The maximum absolute atomic E-state index is 4.81. The van der Waals surface area contributed by atoms with Crippen LogP contribution in [0.15, 0.2) is 30.6 Å². The molecule has 6 heteroatoms. The standard InChI is InChI=1S/C20H24N6/c1-13-5-4-10-26(12-13)20-24-18-17(21-8-9-22-18)19(25-20)23-16-7-6-14(2)15(3)11-16/h6-9,11,13H,4-5,10,12H2,1-3H3,(H,22,23,24,25). The van der Waals surface area contributed by atoms with Crippen molar-refractivity contribution in [3.63, 3.8) is 0 Å². The summed E-state index contributed by atoms with van der Waals surface area (Å²) in [5, 5.41) is 3.43. The van der Waals surface area contributed by atoms with Crippen molar-refractivity contribution in [1.82, 2.24) is 19.9 Å². The Morgan fingerprint density at radius 3 is 2.73 bits per heavy atom. The zero-order valence-corrected chi connectivity index (χ0v) is 15.5. The molecular formula is C20H24N6. The fourth-order valence-electron chi connectivity index (χ4n) is 3.41. The van der Waals surface area contributed by atoms with Crippen molar-refractivity contribution >= 4 is 28.6 Å². The van der Waals surface area contributed by atoms with Gasteiger partial charge in [-0.2, -0.15) is 9.97 Å². The third-order valence-electron chi connectivity index (χ3n) is 5.03. The predicted octanol–water partition coefficient (Wildman–Crippen LogP) is 4.02. The van der Waals surface area contributed by atoms with Gasteiger partial charge in [0.1, 0.15) is 0 Å². The summed E-state index contributed by atoms with van der Waals surface area (Å²) in [6.45, 7) is 8.47. The molecule has 1 N–H and O–H groups in total. The highest BCUT2D eigenvalue weighted by Gasteiger charge is 2.21. The van der Waals surface area contributed by atoms with Gasteiger partial charge in [-0.25, -0.2) is 9.97 Å². The van der Waals surface area contributed by atoms with Crippen molar-refractivity contribution in [1.29, 1.82) is 0 Å². The molecule has 1 unspecified atom stereocenters. The molecule has 4 rings (SSSR count). The van der Waals surface area contributed by atoms with Crippen molar-refractivity contribution in [2.24, 2.45) is 5.92 Å². The Morgan fingerprint density at radius 2 is 1.92 bits per heavy atom. The van der Waals surface area contributed by atoms with E-state index in [1.165, 1.54) is 24.0 Å². The van der Waals surface area contributed by atoms with Crippen molar-refractivity contribution in [3.05, 3.63) is 41.7 Å². The Bertz CT molecular complexity index is 939. The SMILES string of the molecule is Cc1ccc(Nc2nc(N3CCCC(C)C3)nc3nccnc23)cc1C. The number of hydrogen-bond donors (Lipinski definition) is 1. The average Bonchev–Trinajstić information content (AvgIpc) is 2.65. The predicted molar refractivity (Wildman–Crippen MR) is 105 cm³/mol. The van der Waals surface area contributed by atoms with Crippen LogP contribution in [0.5, 0.6) is 0 Å². The molecule has 0 spiro atoms. The van der Waals surface area contributed by atoms with Crippen molar-refractivity contribution < 1.29 is 0 Å². The van der Waals surface area contributed by atoms with Gasteiger partial charge in [0.2, 0.25) is 5.95 Å². The fourth-order valence-corrected chi connectivity index (χ4v) is 3.41. The van der Waals surface area contributed by atoms with Gasteiger partial charge >= 0.3 is 0 Å². The largest absolute Gasteiger partial charge is 0.340 e. The molecule has 1 aliphatic heterocycles. The van der Waals surface area contributed by atoms with E-state index in [2.05, 4.69) is 64.1 Å². The first-order valence-electron chi connectivity index (χ1n) is 9.18. The lowest BCUT2D eigenvalue weighted by atomic mass is 10.0. The van der Waals surface area contributed by atoms with Crippen molar-refractivity contribution in [3.8, 4) is 0 Å². The highest BCUT2D eigenvalue weighted by Crippen LogP contribution is 2.27. The Morgan fingerprint density at radius 1 is 1.08 bits per heavy atom. The minimum atomic E-state index is 0.627. The first kappa shape index (κ1) is 16.7. The van der Waals surface area contributed by atoms with E-state index >= 15 is 0 Å². The van der Waals surface area contributed by atoms with Gasteiger partial charge in [0, 0.05) is 31.2 Å². The van der Waals surface area contributed by atoms with Crippen LogP contribution in [0.2, 0.25) is 0 Å². The van der Waals surface area contributed by atoms with Gasteiger partial charge in [-0.15, -0.1) is 0 Å². The summed E-state index contributed by atoms with van der Waals surface area (Å²) < 4.78 is 0. The zero-order valence-electron chi connectivity index (χ0n) is 15.5. The van der Waals surface area contributed by atoms with Crippen LogP contribution in [-0.2, 0) is 0 Å². The van der Waals surface area contributed by atoms with Crippen LogP contribution in [0.3, 0.4) is 0 Å². The molecule has 0 radical (unpaired) electrons. The number of nitrogens with zero attached hydrogens (tertiary/aromatic N) is 5. The summed E-state index contributed by atoms with van der Waals surface area (Å²) in [7, 11) is 0. The van der Waals surface area contributed by atoms with Gasteiger partial charge in [0.25, 0.3) is 0 Å². The molecule has 2 aromatic heterocycles. The number of rotatable bonds is 3. The molecule has 134 valence electrons. The molecule has 1 atom stereocenters. The maximum Gasteiger partial charge on any atom is 0.229 e. The minimum Gasteiger partial charge on any atom is -0.340 e. The molecular weight excluding hydrogens is 324 g/mol. The zero-order chi connectivity index (χ0) is 18.1. The molecule has 6 nitrogen and oxygen atoms in total. The van der Waals surface area contributed by atoms with Crippen LogP contribution >= 0.6 is 0 Å². The summed E-state index contributed by atoms with van der Waals surface area (Å²) in [5.41, 5.74) is 4.83. The number of anilines is 3. The normalized spacial score (nSPS) is 17.5. The topological polar surface area (TPSA) is 66.8 Å². The molecule has 0 amide bonds. The van der Waals surface area contributed by atoms with E-state index in [0.717, 1.165) is 24.7 Å². The van der Waals surface area contributed by atoms with Crippen LogP contribution in [0.1, 0.15) is 30.9 Å². The second-order valence-electron chi connectivity index (χ2n) is 7.22. The van der Waals surface area contributed by atoms with E-state index in [9.17, 15) is 0 Å². The first-order chi connectivity index (χ1) is 12.6. The van der Waals surface area contributed by atoms with Crippen LogP contribution in [0, 0.1) is 19.8 Å². The van der Waals surface area contributed by atoms with E-state index in [-0.39, 0.29) is 0 Å². The number of fused-ring (bicyclic) bond motifs is 1. The quantitative estimate of drug-likeness (QED) is 0.771. The lowest BCUT2D eigenvalue weighted by molar-refractivity contribution is 0.442. The van der Waals surface area contributed by atoms with Crippen molar-refractivity contribution in [2.45, 2.75) is 33.6 Å². The third-order valence-corrected chi connectivity index (χ3v) is 5.03. The summed E-state index contributed by atoms with van der Waals surface area (Å²) in [4.78, 5) is 20.6. The van der Waals surface area contributed by atoms with Gasteiger partial charge < -0.3 is 10.2 Å². The van der Waals surface area contributed by atoms with E-state index in [1.54, 1.807) is 12.4 Å². The fraction of sp³-hybridized carbons (Fsp3) is 0.400. The van der Waals surface area contributed by atoms with E-state index in [1.807, 2.05) is 0 Å². The number of nitrogens with one attached hydrogen (secondary N) is 1. The first-order valence-corrected chi connectivity index (χ1v) is 9.18. The highest BCUT2D eigenvalue weighted by atomic mass is 15.3. The molecule has 0 bridgehead atoms. The molecule has 1 fully saturated rings. The summed E-state index contributed by atoms with van der Waals surface area (Å²) in [6.07, 6.45) is 5.79. The Labute approximate surface area is 153 Å². The molecule has 3 aromatic rings.